The first kappa shape index (κ1) is 23.8. The predicted molar refractivity (Wildman–Crippen MR) is 126 cm³/mol. The molecule has 1 unspecified atom stereocenters. The van der Waals surface area contributed by atoms with E-state index in [4.69, 9.17) is 14.2 Å². The Morgan fingerprint density at radius 2 is 1.24 bits per heavy atom. The third-order valence-corrected chi connectivity index (χ3v) is 4.77. The molecule has 0 aliphatic rings. The highest BCUT2D eigenvalue weighted by Crippen LogP contribution is 2.27. The van der Waals surface area contributed by atoms with Gasteiger partial charge in [-0.3, -0.25) is 4.79 Å². The first-order valence-corrected chi connectivity index (χ1v) is 10.5. The Bertz CT molecular complexity index is 1100. The number of hydrogen-bond acceptors (Lipinski definition) is 6. The zero-order chi connectivity index (χ0) is 23.8. The van der Waals surface area contributed by atoms with Crippen LogP contribution in [-0.4, -0.2) is 29.9 Å². The summed E-state index contributed by atoms with van der Waals surface area (Å²) in [5.74, 6) is 0.110. The molecular weight excluding hydrogens is 420 g/mol. The maximum atomic E-state index is 11.6. The summed E-state index contributed by atoms with van der Waals surface area (Å²) in [4.78, 5) is 22.8. The molecule has 0 spiro atoms. The van der Waals surface area contributed by atoms with Crippen LogP contribution < -0.4 is 9.47 Å². The molecule has 0 radical (unpaired) electrons. The summed E-state index contributed by atoms with van der Waals surface area (Å²) >= 11 is 0. The Hall–Kier alpha value is -3.90. The van der Waals surface area contributed by atoms with E-state index >= 15 is 0 Å². The summed E-state index contributed by atoms with van der Waals surface area (Å²) in [6.07, 6.45) is -0.975. The SMILES string of the molecule is C=C(C)C(=O)Oc1ccc(-c2ccc(-c3ccc(OC(O)COC(=O)CC)cc3)cc2)cc1. The van der Waals surface area contributed by atoms with Gasteiger partial charge in [-0.05, 0) is 53.4 Å². The largest absolute Gasteiger partial charge is 0.461 e. The fourth-order valence-corrected chi connectivity index (χ4v) is 2.95. The molecule has 0 aromatic heterocycles. The van der Waals surface area contributed by atoms with Gasteiger partial charge in [0.15, 0.2) is 6.61 Å². The molecule has 170 valence electrons. The second-order valence-corrected chi connectivity index (χ2v) is 7.41. The van der Waals surface area contributed by atoms with Crippen molar-refractivity contribution in [2.75, 3.05) is 6.61 Å². The van der Waals surface area contributed by atoms with Crippen molar-refractivity contribution >= 4 is 11.9 Å². The Labute approximate surface area is 193 Å². The van der Waals surface area contributed by atoms with Crippen LogP contribution in [0.4, 0.5) is 0 Å². The van der Waals surface area contributed by atoms with Gasteiger partial charge in [0.1, 0.15) is 11.5 Å². The highest BCUT2D eigenvalue weighted by Gasteiger charge is 2.10. The number of rotatable bonds is 9. The molecule has 0 heterocycles. The van der Waals surface area contributed by atoms with Gasteiger partial charge in [-0.1, -0.05) is 62.0 Å². The van der Waals surface area contributed by atoms with Crippen molar-refractivity contribution in [2.45, 2.75) is 26.6 Å². The van der Waals surface area contributed by atoms with Crippen LogP contribution in [0.3, 0.4) is 0 Å². The molecule has 0 bridgehead atoms. The van der Waals surface area contributed by atoms with Gasteiger partial charge in [-0.15, -0.1) is 0 Å². The van der Waals surface area contributed by atoms with E-state index in [2.05, 4.69) is 6.58 Å². The van der Waals surface area contributed by atoms with Crippen LogP contribution in [0.1, 0.15) is 20.3 Å². The van der Waals surface area contributed by atoms with Gasteiger partial charge in [0.25, 0.3) is 0 Å². The maximum absolute atomic E-state index is 11.6. The van der Waals surface area contributed by atoms with E-state index in [1.54, 1.807) is 38.1 Å². The van der Waals surface area contributed by atoms with Crippen molar-refractivity contribution in [1.82, 2.24) is 0 Å². The Morgan fingerprint density at radius 1 is 0.818 bits per heavy atom. The van der Waals surface area contributed by atoms with Crippen molar-refractivity contribution in [1.29, 1.82) is 0 Å². The molecule has 6 heteroatoms. The lowest BCUT2D eigenvalue weighted by Gasteiger charge is -2.14. The minimum Gasteiger partial charge on any atom is -0.461 e. The summed E-state index contributed by atoms with van der Waals surface area (Å²) in [7, 11) is 0. The van der Waals surface area contributed by atoms with E-state index in [1.165, 1.54) is 0 Å². The second kappa shape index (κ2) is 11.1. The van der Waals surface area contributed by atoms with Crippen molar-refractivity contribution in [3.8, 4) is 33.8 Å². The van der Waals surface area contributed by atoms with Crippen LogP contribution in [-0.2, 0) is 14.3 Å². The predicted octanol–water partition coefficient (Wildman–Crippen LogP) is 5.15. The maximum Gasteiger partial charge on any atom is 0.338 e. The first-order chi connectivity index (χ1) is 15.9. The fourth-order valence-electron chi connectivity index (χ4n) is 2.95. The standard InChI is InChI=1S/C27H26O6/c1-4-25(28)31-17-26(29)32-23-13-9-21(10-14-23)19-5-7-20(8-6-19)22-11-15-24(16-12-22)33-27(30)18(2)3/h5-16,26,29H,2,4,17H2,1,3H3. The van der Waals surface area contributed by atoms with Crippen LogP contribution in [0, 0.1) is 0 Å². The average molecular weight is 446 g/mol. The van der Waals surface area contributed by atoms with Crippen LogP contribution in [0.2, 0.25) is 0 Å². The number of hydrogen-bond donors (Lipinski definition) is 1. The van der Waals surface area contributed by atoms with Crippen LogP contribution in [0.5, 0.6) is 11.5 Å². The Balaban J connectivity index is 1.61. The zero-order valence-corrected chi connectivity index (χ0v) is 18.6. The number of aliphatic hydroxyl groups excluding tert-OH is 1. The minimum absolute atomic E-state index is 0.215. The molecule has 6 nitrogen and oxygen atoms in total. The molecule has 0 saturated heterocycles. The van der Waals surface area contributed by atoms with E-state index in [1.807, 2.05) is 48.5 Å². The number of aliphatic hydroxyl groups is 1. The number of benzene rings is 3. The van der Waals surface area contributed by atoms with Crippen molar-refractivity contribution in [2.24, 2.45) is 0 Å². The molecule has 3 aromatic rings. The number of carbonyl (C=O) groups is 2. The van der Waals surface area contributed by atoms with Crippen LogP contribution in [0.15, 0.2) is 84.9 Å². The van der Waals surface area contributed by atoms with Crippen molar-refractivity contribution in [3.05, 3.63) is 84.9 Å². The van der Waals surface area contributed by atoms with Gasteiger partial charge in [0.05, 0.1) is 0 Å². The molecule has 0 aliphatic heterocycles. The summed E-state index contributed by atoms with van der Waals surface area (Å²) < 4.78 is 15.4. The quantitative estimate of drug-likeness (QED) is 0.212. The summed E-state index contributed by atoms with van der Waals surface area (Å²) in [5.41, 5.74) is 4.39. The van der Waals surface area contributed by atoms with Crippen LogP contribution in [0.25, 0.3) is 22.3 Å². The van der Waals surface area contributed by atoms with Gasteiger partial charge in [0.2, 0.25) is 6.29 Å². The monoisotopic (exact) mass is 446 g/mol. The van der Waals surface area contributed by atoms with E-state index in [0.717, 1.165) is 22.3 Å². The molecule has 0 amide bonds. The summed E-state index contributed by atoms with van der Waals surface area (Å²) in [6, 6.07) is 22.6. The van der Waals surface area contributed by atoms with E-state index in [0.29, 0.717) is 17.1 Å². The van der Waals surface area contributed by atoms with Gasteiger partial charge < -0.3 is 19.3 Å². The molecular formula is C27H26O6. The van der Waals surface area contributed by atoms with Gasteiger partial charge >= 0.3 is 11.9 Å². The third kappa shape index (κ3) is 6.79. The first-order valence-electron chi connectivity index (χ1n) is 10.5. The molecule has 1 N–H and O–H groups in total. The van der Waals surface area contributed by atoms with Gasteiger partial charge in [0, 0.05) is 12.0 Å². The lowest BCUT2D eigenvalue weighted by Crippen LogP contribution is -2.24. The zero-order valence-electron chi connectivity index (χ0n) is 18.6. The van der Waals surface area contributed by atoms with Crippen molar-refractivity contribution < 1.29 is 28.9 Å². The lowest BCUT2D eigenvalue weighted by atomic mass is 10.0. The third-order valence-electron chi connectivity index (χ3n) is 4.77. The molecule has 1 atom stereocenters. The van der Waals surface area contributed by atoms with E-state index in [9.17, 15) is 14.7 Å². The molecule has 0 fully saturated rings. The van der Waals surface area contributed by atoms with Gasteiger partial charge in [-0.2, -0.15) is 0 Å². The Kier molecular flexibility index (Phi) is 8.00. The minimum atomic E-state index is -1.22. The Morgan fingerprint density at radius 3 is 1.67 bits per heavy atom. The highest BCUT2D eigenvalue weighted by atomic mass is 16.6. The summed E-state index contributed by atoms with van der Waals surface area (Å²) in [6.45, 7) is 6.65. The highest BCUT2D eigenvalue weighted by molar-refractivity contribution is 5.88. The molecule has 3 aromatic carbocycles. The summed E-state index contributed by atoms with van der Waals surface area (Å²) in [5, 5.41) is 9.83. The topological polar surface area (TPSA) is 82.1 Å². The van der Waals surface area contributed by atoms with E-state index < -0.39 is 18.2 Å². The molecule has 0 aliphatic carbocycles. The second-order valence-electron chi connectivity index (χ2n) is 7.41. The molecule has 33 heavy (non-hydrogen) atoms. The molecule has 0 saturated carbocycles. The number of esters is 2. The number of carbonyl (C=O) groups excluding carboxylic acids is 2. The molecule has 3 rings (SSSR count). The van der Waals surface area contributed by atoms with Crippen molar-refractivity contribution in [3.63, 3.8) is 0 Å². The van der Waals surface area contributed by atoms with Crippen LogP contribution >= 0.6 is 0 Å². The smallest absolute Gasteiger partial charge is 0.338 e. The number of ether oxygens (including phenoxy) is 3. The average Bonchev–Trinajstić information content (AvgIpc) is 2.83. The van der Waals surface area contributed by atoms with E-state index in [-0.39, 0.29) is 13.0 Å². The lowest BCUT2D eigenvalue weighted by molar-refractivity contribution is -0.153. The fraction of sp³-hybridized carbons (Fsp3) is 0.185. The normalized spacial score (nSPS) is 11.4. The van der Waals surface area contributed by atoms with Gasteiger partial charge in [-0.25, -0.2) is 4.79 Å².